The number of hydrogen-bond acceptors (Lipinski definition) is 2. The number of rotatable bonds is 3. The van der Waals surface area contributed by atoms with E-state index in [4.69, 9.17) is 0 Å². The molecule has 0 heterocycles. The molecule has 0 saturated carbocycles. The fourth-order valence-corrected chi connectivity index (χ4v) is 1.96. The van der Waals surface area contributed by atoms with Gasteiger partial charge in [-0.1, -0.05) is 32.9 Å². The summed E-state index contributed by atoms with van der Waals surface area (Å²) >= 11 is 1.70. The second-order valence-electron chi connectivity index (χ2n) is 4.49. The number of hydrogen-bond donors (Lipinski definition) is 1. The van der Waals surface area contributed by atoms with Gasteiger partial charge in [0.2, 0.25) is 0 Å². The first kappa shape index (κ1) is 12.5. The molecule has 0 aliphatic heterocycles. The predicted octanol–water partition coefficient (Wildman–Crippen LogP) is 3.39. The Hall–Kier alpha value is -0.540. The quantitative estimate of drug-likeness (QED) is 0.855. The van der Waals surface area contributed by atoms with Crippen LogP contribution in [0.5, 0.6) is 0 Å². The Kier molecular flexibility index (Phi) is 4.17. The Morgan fingerprint density at radius 3 is 2.27 bits per heavy atom. The third kappa shape index (κ3) is 4.67. The zero-order valence-electron chi connectivity index (χ0n) is 9.33. The summed E-state index contributed by atoms with van der Waals surface area (Å²) in [5.41, 5.74) is 0.771. The molecular weight excluding hydrogens is 211 g/mol. The summed E-state index contributed by atoms with van der Waals surface area (Å²) in [5, 5.41) is 9.83. The third-order valence-corrected chi connectivity index (χ3v) is 3.28. The van der Waals surface area contributed by atoms with Crippen LogP contribution in [0, 0.1) is 5.82 Å². The summed E-state index contributed by atoms with van der Waals surface area (Å²) in [5.74, 6) is 0.365. The van der Waals surface area contributed by atoms with Crippen molar-refractivity contribution in [2.24, 2.45) is 0 Å². The van der Waals surface area contributed by atoms with Crippen molar-refractivity contribution in [1.29, 1.82) is 0 Å². The molecule has 84 valence electrons. The number of aliphatic hydroxyl groups is 1. The lowest BCUT2D eigenvalue weighted by molar-refractivity contribution is 0.203. The van der Waals surface area contributed by atoms with Crippen LogP contribution >= 0.6 is 11.8 Å². The smallest absolute Gasteiger partial charge is 0.123 e. The minimum Gasteiger partial charge on any atom is -0.388 e. The van der Waals surface area contributed by atoms with Gasteiger partial charge in [0.25, 0.3) is 0 Å². The molecule has 0 amide bonds. The maximum Gasteiger partial charge on any atom is 0.123 e. The lowest BCUT2D eigenvalue weighted by Crippen LogP contribution is -2.12. The molecule has 15 heavy (non-hydrogen) atoms. The number of halogens is 1. The molecule has 0 bridgehead atoms. The van der Waals surface area contributed by atoms with Gasteiger partial charge < -0.3 is 5.11 Å². The highest BCUT2D eigenvalue weighted by Gasteiger charge is 2.15. The van der Waals surface area contributed by atoms with E-state index in [2.05, 4.69) is 20.8 Å². The lowest BCUT2D eigenvalue weighted by Gasteiger charge is -2.20. The van der Waals surface area contributed by atoms with Gasteiger partial charge in [0.1, 0.15) is 5.82 Å². The summed E-state index contributed by atoms with van der Waals surface area (Å²) in [6.07, 6.45) is -0.519. The van der Waals surface area contributed by atoms with Gasteiger partial charge in [-0.2, -0.15) is 11.8 Å². The molecule has 1 aromatic carbocycles. The zero-order valence-corrected chi connectivity index (χ0v) is 10.1. The summed E-state index contributed by atoms with van der Waals surface area (Å²) in [6, 6.07) is 6.01. The average Bonchev–Trinajstić information content (AvgIpc) is 2.14. The largest absolute Gasteiger partial charge is 0.388 e. The van der Waals surface area contributed by atoms with Crippen LogP contribution < -0.4 is 0 Å². The summed E-state index contributed by atoms with van der Waals surface area (Å²) < 4.78 is 12.8. The van der Waals surface area contributed by atoms with Crippen LogP contribution in [0.4, 0.5) is 4.39 Å². The standard InChI is InChI=1S/C12H17FOS/c1-12(2,3)15-8-11(14)9-4-6-10(13)7-5-9/h4-7,11,14H,8H2,1-3H3. The highest BCUT2D eigenvalue weighted by Crippen LogP contribution is 2.28. The minimum atomic E-state index is -0.519. The molecule has 1 N–H and O–H groups in total. The van der Waals surface area contributed by atoms with E-state index in [9.17, 15) is 9.50 Å². The Morgan fingerprint density at radius 2 is 1.80 bits per heavy atom. The fraction of sp³-hybridized carbons (Fsp3) is 0.500. The molecular formula is C12H17FOS. The highest BCUT2D eigenvalue weighted by molar-refractivity contribution is 8.00. The van der Waals surface area contributed by atoms with Gasteiger partial charge in [-0.3, -0.25) is 0 Å². The maximum atomic E-state index is 12.6. The molecule has 1 nitrogen and oxygen atoms in total. The topological polar surface area (TPSA) is 20.2 Å². The fourth-order valence-electron chi connectivity index (χ4n) is 1.11. The summed E-state index contributed by atoms with van der Waals surface area (Å²) in [7, 11) is 0. The first-order chi connectivity index (χ1) is 6.88. The monoisotopic (exact) mass is 228 g/mol. The van der Waals surface area contributed by atoms with Gasteiger partial charge in [0, 0.05) is 10.5 Å². The molecule has 0 aliphatic carbocycles. The Morgan fingerprint density at radius 1 is 1.27 bits per heavy atom. The van der Waals surface area contributed by atoms with Crippen LogP contribution in [0.2, 0.25) is 0 Å². The van der Waals surface area contributed by atoms with Crippen LogP contribution in [0.3, 0.4) is 0 Å². The summed E-state index contributed by atoms with van der Waals surface area (Å²) in [4.78, 5) is 0. The second-order valence-corrected chi connectivity index (χ2v) is 6.34. The molecule has 0 radical (unpaired) electrons. The second kappa shape index (κ2) is 4.99. The van der Waals surface area contributed by atoms with Crippen molar-refractivity contribution in [3.63, 3.8) is 0 Å². The van der Waals surface area contributed by atoms with Crippen LogP contribution in [0.15, 0.2) is 24.3 Å². The van der Waals surface area contributed by atoms with Crippen molar-refractivity contribution in [2.45, 2.75) is 31.6 Å². The minimum absolute atomic E-state index is 0.140. The molecule has 1 atom stereocenters. The number of thioether (sulfide) groups is 1. The van der Waals surface area contributed by atoms with Crippen molar-refractivity contribution in [1.82, 2.24) is 0 Å². The first-order valence-corrected chi connectivity index (χ1v) is 5.94. The van der Waals surface area contributed by atoms with Gasteiger partial charge in [0.15, 0.2) is 0 Å². The van der Waals surface area contributed by atoms with E-state index in [-0.39, 0.29) is 10.6 Å². The van der Waals surface area contributed by atoms with Crippen LogP contribution in [-0.2, 0) is 0 Å². The maximum absolute atomic E-state index is 12.6. The van der Waals surface area contributed by atoms with E-state index < -0.39 is 6.10 Å². The molecule has 1 aromatic rings. The normalized spacial score (nSPS) is 13.9. The molecule has 0 aliphatic rings. The zero-order chi connectivity index (χ0) is 11.5. The van der Waals surface area contributed by atoms with Gasteiger partial charge >= 0.3 is 0 Å². The van der Waals surface area contributed by atoms with Crippen molar-refractivity contribution < 1.29 is 9.50 Å². The van der Waals surface area contributed by atoms with Crippen molar-refractivity contribution in [3.8, 4) is 0 Å². The van der Waals surface area contributed by atoms with E-state index >= 15 is 0 Å². The van der Waals surface area contributed by atoms with Crippen LogP contribution in [-0.4, -0.2) is 15.6 Å². The lowest BCUT2D eigenvalue weighted by atomic mass is 10.1. The van der Waals surface area contributed by atoms with E-state index in [0.717, 1.165) is 5.56 Å². The van der Waals surface area contributed by atoms with Gasteiger partial charge in [0.05, 0.1) is 6.10 Å². The Bertz CT molecular complexity index is 302. The molecule has 1 rings (SSSR count). The van der Waals surface area contributed by atoms with Gasteiger partial charge in [-0.15, -0.1) is 0 Å². The molecule has 0 aromatic heterocycles. The van der Waals surface area contributed by atoms with Crippen LogP contribution in [0.25, 0.3) is 0 Å². The molecule has 0 spiro atoms. The van der Waals surface area contributed by atoms with Gasteiger partial charge in [-0.25, -0.2) is 4.39 Å². The molecule has 0 saturated heterocycles. The van der Waals surface area contributed by atoms with Crippen molar-refractivity contribution in [2.75, 3.05) is 5.75 Å². The Labute approximate surface area is 94.7 Å². The van der Waals surface area contributed by atoms with Crippen molar-refractivity contribution in [3.05, 3.63) is 35.6 Å². The van der Waals surface area contributed by atoms with Crippen LogP contribution in [0.1, 0.15) is 32.4 Å². The van der Waals surface area contributed by atoms with E-state index in [1.165, 1.54) is 12.1 Å². The summed E-state index contributed by atoms with van der Waals surface area (Å²) in [6.45, 7) is 6.32. The Balaban J connectivity index is 2.54. The van der Waals surface area contributed by atoms with E-state index in [0.29, 0.717) is 5.75 Å². The number of benzene rings is 1. The van der Waals surface area contributed by atoms with E-state index in [1.54, 1.807) is 23.9 Å². The third-order valence-electron chi connectivity index (χ3n) is 1.93. The molecule has 0 fully saturated rings. The van der Waals surface area contributed by atoms with E-state index in [1.807, 2.05) is 0 Å². The SMILES string of the molecule is CC(C)(C)SCC(O)c1ccc(F)cc1. The molecule has 1 unspecified atom stereocenters. The number of aliphatic hydroxyl groups excluding tert-OH is 1. The first-order valence-electron chi connectivity index (χ1n) is 4.96. The highest BCUT2D eigenvalue weighted by atomic mass is 32.2. The average molecular weight is 228 g/mol. The van der Waals surface area contributed by atoms with Gasteiger partial charge in [-0.05, 0) is 17.7 Å². The molecule has 3 heteroatoms. The predicted molar refractivity (Wildman–Crippen MR) is 63.6 cm³/mol. The van der Waals surface area contributed by atoms with Crippen molar-refractivity contribution >= 4 is 11.8 Å².